The van der Waals surface area contributed by atoms with Crippen molar-refractivity contribution in [2.45, 2.75) is 26.4 Å². The predicted octanol–water partition coefficient (Wildman–Crippen LogP) is 2.01. The summed E-state index contributed by atoms with van der Waals surface area (Å²) in [6, 6.07) is 10.4. The maximum atomic E-state index is 12.5. The van der Waals surface area contributed by atoms with E-state index in [1.165, 1.54) is 12.3 Å². The van der Waals surface area contributed by atoms with Gasteiger partial charge in [0.15, 0.2) is 0 Å². The molecule has 5 heteroatoms. The number of aromatic amines is 1. The maximum absolute atomic E-state index is 12.5. The molecule has 2 rings (SSSR count). The predicted molar refractivity (Wildman–Crippen MR) is 82.9 cm³/mol. The van der Waals surface area contributed by atoms with Crippen molar-refractivity contribution >= 4 is 11.6 Å². The fraction of sp³-hybridized carbons (Fsp3) is 0.250. The number of amides is 1. The Morgan fingerprint density at radius 3 is 2.38 bits per heavy atom. The van der Waals surface area contributed by atoms with Gasteiger partial charge in [-0.15, -0.1) is 0 Å². The van der Waals surface area contributed by atoms with Crippen LogP contribution in [-0.2, 0) is 6.54 Å². The first kappa shape index (κ1) is 14.8. The van der Waals surface area contributed by atoms with Gasteiger partial charge < -0.3 is 15.6 Å². The highest BCUT2D eigenvalue weighted by Crippen LogP contribution is 2.14. The third kappa shape index (κ3) is 3.72. The lowest BCUT2D eigenvalue weighted by Gasteiger charge is -2.27. The number of hydrogen-bond donors (Lipinski definition) is 2. The van der Waals surface area contributed by atoms with Crippen molar-refractivity contribution in [1.29, 1.82) is 0 Å². The van der Waals surface area contributed by atoms with Crippen LogP contribution in [0.3, 0.4) is 0 Å². The van der Waals surface area contributed by atoms with Crippen molar-refractivity contribution in [3.05, 3.63) is 64.1 Å². The summed E-state index contributed by atoms with van der Waals surface area (Å²) in [7, 11) is 0. The van der Waals surface area contributed by atoms with E-state index in [1.54, 1.807) is 11.0 Å². The van der Waals surface area contributed by atoms with Crippen LogP contribution in [0.2, 0.25) is 0 Å². The van der Waals surface area contributed by atoms with Gasteiger partial charge in [-0.05, 0) is 37.6 Å². The molecule has 2 aromatic rings. The molecule has 1 amide bonds. The second-order valence-electron chi connectivity index (χ2n) is 5.21. The largest absolute Gasteiger partial charge is 0.399 e. The molecule has 0 aliphatic carbocycles. The van der Waals surface area contributed by atoms with Crippen molar-refractivity contribution in [3.63, 3.8) is 0 Å². The van der Waals surface area contributed by atoms with Gasteiger partial charge in [0.25, 0.3) is 5.91 Å². The van der Waals surface area contributed by atoms with E-state index >= 15 is 0 Å². The highest BCUT2D eigenvalue weighted by atomic mass is 16.2. The molecule has 110 valence electrons. The molecule has 0 aliphatic heterocycles. The van der Waals surface area contributed by atoms with Gasteiger partial charge in [-0.25, -0.2) is 0 Å². The third-order valence-corrected chi connectivity index (χ3v) is 3.25. The smallest absolute Gasteiger partial charge is 0.255 e. The Labute approximate surface area is 123 Å². The summed E-state index contributed by atoms with van der Waals surface area (Å²) in [5.74, 6) is -0.113. The lowest BCUT2D eigenvalue weighted by Crippen LogP contribution is -2.36. The normalized spacial score (nSPS) is 10.6. The minimum Gasteiger partial charge on any atom is -0.399 e. The van der Waals surface area contributed by atoms with Gasteiger partial charge in [0, 0.05) is 30.5 Å². The van der Waals surface area contributed by atoms with Crippen molar-refractivity contribution < 1.29 is 4.79 Å². The quantitative estimate of drug-likeness (QED) is 0.843. The molecule has 0 fully saturated rings. The van der Waals surface area contributed by atoms with E-state index < -0.39 is 0 Å². The molecule has 3 N–H and O–H groups in total. The Morgan fingerprint density at radius 2 is 1.86 bits per heavy atom. The maximum Gasteiger partial charge on any atom is 0.255 e. The summed E-state index contributed by atoms with van der Waals surface area (Å²) in [6.07, 6.45) is 1.45. The summed E-state index contributed by atoms with van der Waals surface area (Å²) in [5.41, 5.74) is 7.62. The lowest BCUT2D eigenvalue weighted by molar-refractivity contribution is 0.0690. The van der Waals surface area contributed by atoms with Crippen LogP contribution < -0.4 is 11.3 Å². The molecule has 1 aromatic heterocycles. The molecule has 0 unspecified atom stereocenters. The molecule has 21 heavy (non-hydrogen) atoms. The molecule has 0 bridgehead atoms. The van der Waals surface area contributed by atoms with Crippen LogP contribution in [0.4, 0.5) is 5.69 Å². The number of nitrogen functional groups attached to an aromatic ring is 1. The number of rotatable bonds is 4. The van der Waals surface area contributed by atoms with Gasteiger partial charge in [-0.1, -0.05) is 12.1 Å². The molecular formula is C16H19N3O2. The Hall–Kier alpha value is -2.56. The van der Waals surface area contributed by atoms with Crippen molar-refractivity contribution in [1.82, 2.24) is 9.88 Å². The van der Waals surface area contributed by atoms with Crippen molar-refractivity contribution in [2.75, 3.05) is 5.73 Å². The van der Waals surface area contributed by atoms with E-state index in [0.717, 1.165) is 5.56 Å². The number of nitrogens with zero attached hydrogens (tertiary/aromatic N) is 1. The SMILES string of the molecule is CC(C)N(Cc1ccc(N)cc1)C(=O)c1ccc(=O)[nH]c1. The summed E-state index contributed by atoms with van der Waals surface area (Å²) in [6.45, 7) is 4.41. The van der Waals surface area contributed by atoms with Gasteiger partial charge in [0.1, 0.15) is 0 Å². The number of aromatic nitrogens is 1. The van der Waals surface area contributed by atoms with Crippen LogP contribution in [0.25, 0.3) is 0 Å². The van der Waals surface area contributed by atoms with Gasteiger partial charge in [-0.2, -0.15) is 0 Å². The van der Waals surface area contributed by atoms with E-state index in [2.05, 4.69) is 4.98 Å². The van der Waals surface area contributed by atoms with E-state index in [-0.39, 0.29) is 17.5 Å². The third-order valence-electron chi connectivity index (χ3n) is 3.25. The summed E-state index contributed by atoms with van der Waals surface area (Å²) in [4.78, 5) is 27.9. The van der Waals surface area contributed by atoms with Crippen LogP contribution in [0, 0.1) is 0 Å². The topological polar surface area (TPSA) is 79.2 Å². The number of nitrogens with two attached hydrogens (primary N) is 1. The number of carbonyl (C=O) groups excluding carboxylic acids is 1. The highest BCUT2D eigenvalue weighted by Gasteiger charge is 2.19. The Morgan fingerprint density at radius 1 is 1.19 bits per heavy atom. The molecule has 0 saturated heterocycles. The number of hydrogen-bond acceptors (Lipinski definition) is 3. The summed E-state index contributed by atoms with van der Waals surface area (Å²) >= 11 is 0. The number of anilines is 1. The van der Waals surface area contributed by atoms with Crippen LogP contribution in [-0.4, -0.2) is 21.8 Å². The molecule has 1 heterocycles. The highest BCUT2D eigenvalue weighted by molar-refractivity contribution is 5.94. The van der Waals surface area contributed by atoms with E-state index in [0.29, 0.717) is 17.8 Å². The Kier molecular flexibility index (Phi) is 4.42. The fourth-order valence-electron chi connectivity index (χ4n) is 2.02. The molecule has 0 radical (unpaired) electrons. The van der Waals surface area contributed by atoms with Crippen LogP contribution in [0.15, 0.2) is 47.4 Å². The van der Waals surface area contributed by atoms with E-state index in [1.807, 2.05) is 38.1 Å². The number of nitrogens with one attached hydrogen (secondary N) is 1. The zero-order valence-electron chi connectivity index (χ0n) is 12.2. The lowest BCUT2D eigenvalue weighted by atomic mass is 10.1. The first-order chi connectivity index (χ1) is 9.97. The fourth-order valence-corrected chi connectivity index (χ4v) is 2.02. The first-order valence-electron chi connectivity index (χ1n) is 6.81. The van der Waals surface area contributed by atoms with Gasteiger partial charge in [0.05, 0.1) is 5.56 Å². The second kappa shape index (κ2) is 6.26. The second-order valence-corrected chi connectivity index (χ2v) is 5.21. The Balaban J connectivity index is 2.22. The number of pyridine rings is 1. The molecule has 0 saturated carbocycles. The number of carbonyl (C=O) groups is 1. The minimum atomic E-state index is -0.221. The zero-order chi connectivity index (χ0) is 15.4. The summed E-state index contributed by atoms with van der Waals surface area (Å²) < 4.78 is 0. The number of benzene rings is 1. The van der Waals surface area contributed by atoms with E-state index in [9.17, 15) is 9.59 Å². The summed E-state index contributed by atoms with van der Waals surface area (Å²) in [5, 5.41) is 0. The zero-order valence-corrected chi connectivity index (χ0v) is 12.2. The molecular weight excluding hydrogens is 266 g/mol. The van der Waals surface area contributed by atoms with Crippen molar-refractivity contribution in [2.24, 2.45) is 0 Å². The van der Waals surface area contributed by atoms with Crippen LogP contribution in [0.5, 0.6) is 0 Å². The van der Waals surface area contributed by atoms with Crippen LogP contribution >= 0.6 is 0 Å². The van der Waals surface area contributed by atoms with Gasteiger partial charge >= 0.3 is 0 Å². The molecule has 0 spiro atoms. The first-order valence-corrected chi connectivity index (χ1v) is 6.81. The molecule has 0 atom stereocenters. The molecule has 1 aromatic carbocycles. The average molecular weight is 285 g/mol. The van der Waals surface area contributed by atoms with Gasteiger partial charge in [-0.3, -0.25) is 9.59 Å². The number of H-pyrrole nitrogens is 1. The average Bonchev–Trinajstić information content (AvgIpc) is 2.46. The minimum absolute atomic E-state index is 0.0435. The molecule has 5 nitrogen and oxygen atoms in total. The van der Waals surface area contributed by atoms with Gasteiger partial charge in [0.2, 0.25) is 5.56 Å². The van der Waals surface area contributed by atoms with E-state index in [4.69, 9.17) is 5.73 Å². The Bertz CT molecular complexity index is 654. The van der Waals surface area contributed by atoms with Crippen LogP contribution in [0.1, 0.15) is 29.8 Å². The standard InChI is InChI=1S/C16H19N3O2/c1-11(2)19(10-12-3-6-14(17)7-4-12)16(21)13-5-8-15(20)18-9-13/h3-9,11H,10,17H2,1-2H3,(H,18,20). The molecule has 0 aliphatic rings. The monoisotopic (exact) mass is 285 g/mol. The van der Waals surface area contributed by atoms with Crippen molar-refractivity contribution in [3.8, 4) is 0 Å².